The Morgan fingerprint density at radius 1 is 1.03 bits per heavy atom. The van der Waals surface area contributed by atoms with Crippen LogP contribution in [0, 0.1) is 0 Å². The lowest BCUT2D eigenvalue weighted by Gasteiger charge is -2.24. The second-order valence-electron chi connectivity index (χ2n) is 9.78. The molecule has 2 aromatic carbocycles. The second kappa shape index (κ2) is 7.23. The Bertz CT molecular complexity index is 1170. The molecule has 6 rings (SSSR count). The number of aromatic carboxylic acids is 1. The van der Waals surface area contributed by atoms with Gasteiger partial charge in [0.15, 0.2) is 0 Å². The van der Waals surface area contributed by atoms with Crippen molar-refractivity contribution < 1.29 is 9.90 Å². The third-order valence-electron chi connectivity index (χ3n) is 8.17. The van der Waals surface area contributed by atoms with Gasteiger partial charge in [0.2, 0.25) is 0 Å². The number of fused-ring (bicyclic) bond motifs is 7. The third-order valence-corrected chi connectivity index (χ3v) is 8.17. The molecule has 3 heterocycles. The van der Waals surface area contributed by atoms with E-state index >= 15 is 0 Å². The third kappa shape index (κ3) is 2.88. The van der Waals surface area contributed by atoms with Crippen LogP contribution in [0.3, 0.4) is 0 Å². The summed E-state index contributed by atoms with van der Waals surface area (Å²) in [6, 6.07) is 15.3. The van der Waals surface area contributed by atoms with Crippen molar-refractivity contribution in [3.8, 4) is 11.3 Å². The molecule has 2 aliphatic heterocycles. The summed E-state index contributed by atoms with van der Waals surface area (Å²) < 4.78 is 2.48. The Balaban J connectivity index is 1.68. The Labute approximate surface area is 183 Å². The summed E-state index contributed by atoms with van der Waals surface area (Å²) in [4.78, 5) is 14.3. The summed E-state index contributed by atoms with van der Waals surface area (Å²) >= 11 is 0. The average molecular weight is 415 g/mol. The molecule has 160 valence electrons. The van der Waals surface area contributed by atoms with Crippen LogP contribution < -0.4 is 0 Å². The van der Waals surface area contributed by atoms with Gasteiger partial charge in [-0.25, -0.2) is 4.79 Å². The van der Waals surface area contributed by atoms with E-state index in [9.17, 15) is 9.90 Å². The van der Waals surface area contributed by atoms with E-state index < -0.39 is 5.97 Å². The molecule has 0 bridgehead atoms. The van der Waals surface area contributed by atoms with Gasteiger partial charge >= 0.3 is 5.97 Å². The highest BCUT2D eigenvalue weighted by molar-refractivity contribution is 5.98. The number of benzene rings is 2. The lowest BCUT2D eigenvalue weighted by Crippen LogP contribution is -2.32. The predicted molar refractivity (Wildman–Crippen MR) is 124 cm³/mol. The summed E-state index contributed by atoms with van der Waals surface area (Å²) in [5, 5.41) is 11.0. The Morgan fingerprint density at radius 3 is 2.65 bits per heavy atom. The molecule has 4 heteroatoms. The molecule has 2 fully saturated rings. The minimum absolute atomic E-state index is 0.386. The van der Waals surface area contributed by atoms with Gasteiger partial charge in [-0.15, -0.1) is 0 Å². The van der Waals surface area contributed by atoms with Gasteiger partial charge in [0, 0.05) is 35.0 Å². The van der Waals surface area contributed by atoms with E-state index in [1.54, 1.807) is 6.07 Å². The van der Waals surface area contributed by atoms with Crippen molar-refractivity contribution in [2.75, 3.05) is 13.6 Å². The minimum Gasteiger partial charge on any atom is -0.478 e. The average Bonchev–Trinajstić information content (AvgIpc) is 3.27. The maximum absolute atomic E-state index is 11.8. The zero-order valence-corrected chi connectivity index (χ0v) is 18.2. The number of hydrogen-bond donors (Lipinski definition) is 1. The maximum Gasteiger partial charge on any atom is 0.335 e. The first kappa shape index (κ1) is 19.1. The highest BCUT2D eigenvalue weighted by Gasteiger charge is 2.39. The minimum atomic E-state index is -0.846. The SMILES string of the molecule is CN1CC[C@@H]2c3ccccc3-c3c(C4CCCCC4)c4ccc(C(=O)O)cc4n3C[C@@H]21. The van der Waals surface area contributed by atoms with Crippen LogP contribution in [-0.2, 0) is 6.54 Å². The van der Waals surface area contributed by atoms with E-state index in [2.05, 4.69) is 46.8 Å². The first-order valence-electron chi connectivity index (χ1n) is 11.8. The molecule has 0 unspecified atom stereocenters. The van der Waals surface area contributed by atoms with Gasteiger partial charge in [-0.1, -0.05) is 49.6 Å². The predicted octanol–water partition coefficient (Wildman–Crippen LogP) is 5.86. The van der Waals surface area contributed by atoms with Crippen LogP contribution in [0.2, 0.25) is 0 Å². The normalized spacial score (nSPS) is 23.9. The summed E-state index contributed by atoms with van der Waals surface area (Å²) in [7, 11) is 2.24. The van der Waals surface area contributed by atoms with Crippen molar-refractivity contribution in [2.24, 2.45) is 0 Å². The molecular weight excluding hydrogens is 384 g/mol. The fourth-order valence-electron chi connectivity index (χ4n) is 6.65. The molecule has 1 aromatic heterocycles. The van der Waals surface area contributed by atoms with E-state index in [0.717, 1.165) is 18.6 Å². The number of nitrogens with zero attached hydrogens (tertiary/aromatic N) is 2. The molecule has 1 saturated heterocycles. The molecule has 4 nitrogen and oxygen atoms in total. The topological polar surface area (TPSA) is 45.5 Å². The van der Waals surface area contributed by atoms with Crippen LogP contribution >= 0.6 is 0 Å². The molecule has 0 amide bonds. The number of aromatic nitrogens is 1. The van der Waals surface area contributed by atoms with Crippen molar-refractivity contribution in [1.29, 1.82) is 0 Å². The number of likely N-dealkylation sites (N-methyl/N-ethyl adjacent to an activating group) is 1. The van der Waals surface area contributed by atoms with Crippen LogP contribution in [0.5, 0.6) is 0 Å². The number of carboxylic acids is 1. The smallest absolute Gasteiger partial charge is 0.335 e. The van der Waals surface area contributed by atoms with Gasteiger partial charge in [0.05, 0.1) is 11.3 Å². The summed E-state index contributed by atoms with van der Waals surface area (Å²) in [5.41, 5.74) is 7.18. The van der Waals surface area contributed by atoms with E-state index in [0.29, 0.717) is 23.4 Å². The molecule has 31 heavy (non-hydrogen) atoms. The molecule has 1 N–H and O–H groups in total. The zero-order valence-electron chi connectivity index (χ0n) is 18.2. The zero-order chi connectivity index (χ0) is 21.1. The van der Waals surface area contributed by atoms with Crippen LogP contribution in [0.4, 0.5) is 0 Å². The molecule has 0 spiro atoms. The number of carboxylic acid groups (broad SMARTS) is 1. The highest BCUT2D eigenvalue weighted by Crippen LogP contribution is 2.49. The Hall–Kier alpha value is -2.59. The fraction of sp³-hybridized carbons (Fsp3) is 0.444. The van der Waals surface area contributed by atoms with Crippen molar-refractivity contribution in [1.82, 2.24) is 9.47 Å². The molecule has 3 aliphatic rings. The number of carbonyl (C=O) groups is 1. The van der Waals surface area contributed by atoms with Gasteiger partial charge in [-0.05, 0) is 62.0 Å². The molecule has 1 aliphatic carbocycles. The lowest BCUT2D eigenvalue weighted by molar-refractivity contribution is 0.0697. The van der Waals surface area contributed by atoms with Crippen LogP contribution in [-0.4, -0.2) is 40.2 Å². The van der Waals surface area contributed by atoms with E-state index in [4.69, 9.17) is 0 Å². The lowest BCUT2D eigenvalue weighted by atomic mass is 9.80. The number of likely N-dealkylation sites (tertiary alicyclic amines) is 1. The number of hydrogen-bond acceptors (Lipinski definition) is 2. The maximum atomic E-state index is 11.8. The van der Waals surface area contributed by atoms with Crippen molar-refractivity contribution in [3.63, 3.8) is 0 Å². The van der Waals surface area contributed by atoms with Gasteiger partial charge in [-0.3, -0.25) is 0 Å². The fourth-order valence-corrected chi connectivity index (χ4v) is 6.65. The Kier molecular flexibility index (Phi) is 4.46. The van der Waals surface area contributed by atoms with Crippen molar-refractivity contribution >= 4 is 16.9 Å². The van der Waals surface area contributed by atoms with E-state index in [1.807, 2.05) is 6.07 Å². The highest BCUT2D eigenvalue weighted by atomic mass is 16.4. The molecule has 0 radical (unpaired) electrons. The molecule has 3 aromatic rings. The molecular formula is C27H30N2O2. The van der Waals surface area contributed by atoms with Crippen LogP contribution in [0.1, 0.15) is 71.8 Å². The largest absolute Gasteiger partial charge is 0.478 e. The van der Waals surface area contributed by atoms with Crippen LogP contribution in [0.25, 0.3) is 22.2 Å². The molecule has 2 atom stereocenters. The summed E-state index contributed by atoms with van der Waals surface area (Å²) in [6.45, 7) is 2.05. The standard InChI is InChI=1S/C27H30N2O2/c1-28-14-13-20-19-9-5-6-10-21(19)26-25(17-7-3-2-4-8-17)22-12-11-18(27(30)31)15-23(22)29(26)16-24(20)28/h5-6,9-12,15,17,20,24H,2-4,7-8,13-14,16H2,1H3,(H,30,31)/t20-,24+/m1/s1. The first-order chi connectivity index (χ1) is 15.1. The quantitative estimate of drug-likeness (QED) is 0.572. The van der Waals surface area contributed by atoms with Crippen molar-refractivity contribution in [3.05, 3.63) is 59.2 Å². The molecule has 1 saturated carbocycles. The monoisotopic (exact) mass is 414 g/mol. The van der Waals surface area contributed by atoms with E-state index in [-0.39, 0.29) is 0 Å². The van der Waals surface area contributed by atoms with Gasteiger partial charge < -0.3 is 14.6 Å². The first-order valence-corrected chi connectivity index (χ1v) is 11.8. The second-order valence-corrected chi connectivity index (χ2v) is 9.78. The summed E-state index contributed by atoms with van der Waals surface area (Å²) in [6.07, 6.45) is 7.59. The Morgan fingerprint density at radius 2 is 1.84 bits per heavy atom. The van der Waals surface area contributed by atoms with Crippen LogP contribution in [0.15, 0.2) is 42.5 Å². The van der Waals surface area contributed by atoms with E-state index in [1.165, 1.54) is 66.3 Å². The van der Waals surface area contributed by atoms with Gasteiger partial charge in [0.1, 0.15) is 0 Å². The number of rotatable bonds is 2. The van der Waals surface area contributed by atoms with Gasteiger partial charge in [0.25, 0.3) is 0 Å². The van der Waals surface area contributed by atoms with Crippen molar-refractivity contribution in [2.45, 2.75) is 62.9 Å². The van der Waals surface area contributed by atoms with Gasteiger partial charge in [-0.2, -0.15) is 0 Å². The summed E-state index contributed by atoms with van der Waals surface area (Å²) in [5.74, 6) is 0.256.